The number of halogens is 1. The topological polar surface area (TPSA) is 64.1 Å². The van der Waals surface area contributed by atoms with Crippen LogP contribution in [0.15, 0.2) is 20.8 Å². The molecule has 82 valence electrons. The molecule has 1 aromatic rings. The summed E-state index contributed by atoms with van der Waals surface area (Å²) in [6.07, 6.45) is 2.92. The van der Waals surface area contributed by atoms with E-state index in [1.807, 2.05) is 0 Å². The standard InChI is InChI=1S/C9H11BrN2O3/c1-2-15-6-12-8(13)7(3-4-10)5-11-9(12)14/h3-5H,2,6H2,1H3,(H,11,14)/b4-3+. The molecule has 0 amide bonds. The lowest BCUT2D eigenvalue weighted by molar-refractivity contribution is 0.0821. The van der Waals surface area contributed by atoms with Gasteiger partial charge in [-0.05, 0) is 18.0 Å². The van der Waals surface area contributed by atoms with E-state index in [1.54, 1.807) is 18.0 Å². The van der Waals surface area contributed by atoms with Gasteiger partial charge in [0.1, 0.15) is 6.73 Å². The summed E-state index contributed by atoms with van der Waals surface area (Å²) in [5.41, 5.74) is -0.450. The van der Waals surface area contributed by atoms with Crippen LogP contribution < -0.4 is 11.2 Å². The highest BCUT2D eigenvalue weighted by atomic mass is 79.9. The van der Waals surface area contributed by atoms with E-state index in [0.717, 1.165) is 4.57 Å². The Morgan fingerprint density at radius 1 is 1.60 bits per heavy atom. The first-order valence-corrected chi connectivity index (χ1v) is 5.29. The van der Waals surface area contributed by atoms with Crippen LogP contribution in [0, 0.1) is 0 Å². The Kier molecular flexibility index (Phi) is 4.51. The third-order valence-electron chi connectivity index (χ3n) is 1.76. The number of hydrogen-bond acceptors (Lipinski definition) is 3. The van der Waals surface area contributed by atoms with Crippen molar-refractivity contribution in [3.63, 3.8) is 0 Å². The third-order valence-corrected chi connectivity index (χ3v) is 2.02. The number of ether oxygens (including phenoxy) is 1. The summed E-state index contributed by atoms with van der Waals surface area (Å²) in [5, 5.41) is 0. The van der Waals surface area contributed by atoms with Gasteiger partial charge in [-0.15, -0.1) is 0 Å². The smallest absolute Gasteiger partial charge is 0.330 e. The minimum Gasteiger partial charge on any atom is -0.361 e. The van der Waals surface area contributed by atoms with Gasteiger partial charge < -0.3 is 9.72 Å². The zero-order valence-electron chi connectivity index (χ0n) is 8.20. The molecule has 0 radical (unpaired) electrons. The zero-order valence-corrected chi connectivity index (χ0v) is 9.78. The Hall–Kier alpha value is -1.14. The molecular weight excluding hydrogens is 264 g/mol. The van der Waals surface area contributed by atoms with Gasteiger partial charge in [0.05, 0.1) is 5.56 Å². The Morgan fingerprint density at radius 2 is 2.33 bits per heavy atom. The van der Waals surface area contributed by atoms with Crippen LogP contribution in [0.2, 0.25) is 0 Å². The monoisotopic (exact) mass is 274 g/mol. The molecule has 6 heteroatoms. The SMILES string of the molecule is CCOCn1c(=O)[nH]cc(/C=C/Br)c1=O. The van der Waals surface area contributed by atoms with Crippen molar-refractivity contribution in [2.24, 2.45) is 0 Å². The van der Waals surface area contributed by atoms with E-state index in [9.17, 15) is 9.59 Å². The second-order valence-electron chi connectivity index (χ2n) is 2.70. The average Bonchev–Trinajstić information content (AvgIpc) is 2.22. The number of rotatable bonds is 4. The normalized spacial score (nSPS) is 11.1. The molecule has 0 bridgehead atoms. The fraction of sp³-hybridized carbons (Fsp3) is 0.333. The molecule has 0 saturated heterocycles. The van der Waals surface area contributed by atoms with Crippen LogP contribution in [0.25, 0.3) is 6.08 Å². The van der Waals surface area contributed by atoms with Gasteiger partial charge in [0, 0.05) is 12.8 Å². The van der Waals surface area contributed by atoms with Gasteiger partial charge >= 0.3 is 5.69 Å². The van der Waals surface area contributed by atoms with Gasteiger partial charge in [-0.25, -0.2) is 9.36 Å². The van der Waals surface area contributed by atoms with Gasteiger partial charge in [-0.3, -0.25) is 4.79 Å². The molecule has 1 N–H and O–H groups in total. The highest BCUT2D eigenvalue weighted by molar-refractivity contribution is 9.11. The number of aromatic amines is 1. The molecular formula is C9H11BrN2O3. The van der Waals surface area contributed by atoms with Gasteiger partial charge in [0.25, 0.3) is 5.56 Å². The van der Waals surface area contributed by atoms with Gasteiger partial charge in [-0.2, -0.15) is 0 Å². The summed E-state index contributed by atoms with van der Waals surface area (Å²) >= 11 is 3.06. The second kappa shape index (κ2) is 5.67. The minimum absolute atomic E-state index is 0.0331. The van der Waals surface area contributed by atoms with Crippen molar-refractivity contribution in [3.8, 4) is 0 Å². The van der Waals surface area contributed by atoms with Crippen LogP contribution in [0.5, 0.6) is 0 Å². The van der Waals surface area contributed by atoms with E-state index in [0.29, 0.717) is 12.2 Å². The lowest BCUT2D eigenvalue weighted by Crippen LogP contribution is -2.36. The van der Waals surface area contributed by atoms with Gasteiger partial charge in [-0.1, -0.05) is 15.9 Å². The summed E-state index contributed by atoms with van der Waals surface area (Å²) in [6, 6.07) is 0. The molecule has 0 aromatic carbocycles. The maximum Gasteiger partial charge on any atom is 0.330 e. The Labute approximate surface area is 94.5 Å². The van der Waals surface area contributed by atoms with Crippen LogP contribution in [-0.4, -0.2) is 16.2 Å². The zero-order chi connectivity index (χ0) is 11.3. The molecule has 0 unspecified atom stereocenters. The van der Waals surface area contributed by atoms with Gasteiger partial charge in [0.2, 0.25) is 0 Å². The molecule has 0 aliphatic heterocycles. The summed E-state index contributed by atoms with van der Waals surface area (Å²) in [4.78, 5) is 27.0. The summed E-state index contributed by atoms with van der Waals surface area (Å²) in [7, 11) is 0. The van der Waals surface area contributed by atoms with E-state index < -0.39 is 5.69 Å². The lowest BCUT2D eigenvalue weighted by atomic mass is 10.3. The Balaban J connectivity index is 3.18. The highest BCUT2D eigenvalue weighted by Crippen LogP contribution is 1.94. The first-order chi connectivity index (χ1) is 7.20. The first kappa shape index (κ1) is 11.9. The maximum absolute atomic E-state index is 11.7. The van der Waals surface area contributed by atoms with E-state index in [1.165, 1.54) is 6.20 Å². The number of nitrogens with zero attached hydrogens (tertiary/aromatic N) is 1. The number of H-pyrrole nitrogens is 1. The Bertz CT molecular complexity index is 461. The van der Waals surface area contributed by atoms with E-state index in [4.69, 9.17) is 4.74 Å². The van der Waals surface area contributed by atoms with Crippen molar-refractivity contribution < 1.29 is 4.74 Å². The summed E-state index contributed by atoms with van der Waals surface area (Å²) in [6.45, 7) is 2.21. The van der Waals surface area contributed by atoms with E-state index in [2.05, 4.69) is 20.9 Å². The van der Waals surface area contributed by atoms with Crippen LogP contribution in [-0.2, 0) is 11.5 Å². The Morgan fingerprint density at radius 3 is 2.93 bits per heavy atom. The van der Waals surface area contributed by atoms with Crippen molar-refractivity contribution in [2.45, 2.75) is 13.7 Å². The lowest BCUT2D eigenvalue weighted by Gasteiger charge is -2.04. The molecule has 5 nitrogen and oxygen atoms in total. The average molecular weight is 275 g/mol. The molecule has 15 heavy (non-hydrogen) atoms. The minimum atomic E-state index is -0.472. The summed E-state index contributed by atoms with van der Waals surface area (Å²) < 4.78 is 6.03. The van der Waals surface area contributed by atoms with Crippen molar-refractivity contribution in [1.82, 2.24) is 9.55 Å². The molecule has 0 aliphatic rings. The fourth-order valence-corrected chi connectivity index (χ4v) is 1.30. The first-order valence-electron chi connectivity index (χ1n) is 4.37. The highest BCUT2D eigenvalue weighted by Gasteiger charge is 2.04. The quantitative estimate of drug-likeness (QED) is 0.887. The third kappa shape index (κ3) is 2.90. The van der Waals surface area contributed by atoms with Crippen LogP contribution in [0.3, 0.4) is 0 Å². The summed E-state index contributed by atoms with van der Waals surface area (Å²) in [5.74, 6) is 0. The molecule has 0 fully saturated rings. The number of nitrogens with one attached hydrogen (secondary N) is 1. The van der Waals surface area contributed by atoms with E-state index >= 15 is 0 Å². The van der Waals surface area contributed by atoms with E-state index in [-0.39, 0.29) is 12.3 Å². The fourth-order valence-electron chi connectivity index (χ4n) is 1.01. The molecule has 0 spiro atoms. The molecule has 1 heterocycles. The van der Waals surface area contributed by atoms with Crippen molar-refractivity contribution in [1.29, 1.82) is 0 Å². The predicted molar refractivity (Wildman–Crippen MR) is 60.9 cm³/mol. The van der Waals surface area contributed by atoms with Crippen molar-refractivity contribution >= 4 is 22.0 Å². The van der Waals surface area contributed by atoms with Crippen LogP contribution in [0.1, 0.15) is 12.5 Å². The molecule has 0 saturated carbocycles. The molecule has 0 atom stereocenters. The maximum atomic E-state index is 11.7. The predicted octanol–water partition coefficient (Wildman–Crippen LogP) is 0.896. The number of hydrogen-bond donors (Lipinski definition) is 1. The number of aromatic nitrogens is 2. The van der Waals surface area contributed by atoms with Crippen molar-refractivity contribution in [3.05, 3.63) is 37.6 Å². The molecule has 1 aromatic heterocycles. The van der Waals surface area contributed by atoms with Crippen LogP contribution >= 0.6 is 15.9 Å². The molecule has 0 aliphatic carbocycles. The van der Waals surface area contributed by atoms with Crippen molar-refractivity contribution in [2.75, 3.05) is 6.61 Å². The largest absolute Gasteiger partial charge is 0.361 e. The second-order valence-corrected chi connectivity index (χ2v) is 3.23. The van der Waals surface area contributed by atoms with Crippen LogP contribution in [0.4, 0.5) is 0 Å². The van der Waals surface area contributed by atoms with Gasteiger partial charge in [0.15, 0.2) is 0 Å². The molecule has 1 rings (SSSR count).